The molecule has 1 atom stereocenters. The summed E-state index contributed by atoms with van der Waals surface area (Å²) >= 11 is 1.38. The molecule has 0 aliphatic carbocycles. The maximum Gasteiger partial charge on any atom is 0.230 e. The van der Waals surface area contributed by atoms with E-state index < -0.39 is 0 Å². The summed E-state index contributed by atoms with van der Waals surface area (Å²) in [5, 5.41) is 11.5. The second kappa shape index (κ2) is 8.93. The zero-order valence-electron chi connectivity index (χ0n) is 14.2. The molecule has 0 bridgehead atoms. The maximum absolute atomic E-state index is 12.2. The number of thioether (sulfide) groups is 1. The summed E-state index contributed by atoms with van der Waals surface area (Å²) in [5.41, 5.74) is 1.10. The topological polar surface area (TPSA) is 85.2 Å². The Balaban J connectivity index is 1.56. The fraction of sp³-hybridized carbons (Fsp3) is 0.500. The summed E-state index contributed by atoms with van der Waals surface area (Å²) in [7, 11) is 1.86. The second-order valence-corrected chi connectivity index (χ2v) is 6.71. The van der Waals surface area contributed by atoms with Gasteiger partial charge in [-0.1, -0.05) is 17.8 Å². The first-order valence-corrected chi connectivity index (χ1v) is 9.18. The third-order valence-corrected chi connectivity index (χ3v) is 5.08. The van der Waals surface area contributed by atoms with Crippen LogP contribution in [0.5, 0.6) is 0 Å². The predicted molar refractivity (Wildman–Crippen MR) is 94.1 cm³/mol. The molecule has 8 nitrogen and oxygen atoms in total. The van der Waals surface area contributed by atoms with Crippen molar-refractivity contribution in [3.63, 3.8) is 0 Å². The van der Waals surface area contributed by atoms with Gasteiger partial charge in [0.1, 0.15) is 6.33 Å². The SMILES string of the molecule is Cn1cnnc1SCC(=O)NCC(c1cccnc1)N1CCOCC1. The number of nitrogens with zero attached hydrogens (tertiary/aromatic N) is 5. The Kier molecular flexibility index (Phi) is 6.37. The molecular weight excluding hydrogens is 340 g/mol. The van der Waals surface area contributed by atoms with E-state index in [2.05, 4.69) is 25.4 Å². The summed E-state index contributed by atoms with van der Waals surface area (Å²) in [6, 6.07) is 4.07. The van der Waals surface area contributed by atoms with Gasteiger partial charge in [-0.3, -0.25) is 14.7 Å². The molecule has 1 amide bonds. The lowest BCUT2D eigenvalue weighted by Crippen LogP contribution is -2.44. The molecule has 1 fully saturated rings. The van der Waals surface area contributed by atoms with Gasteiger partial charge >= 0.3 is 0 Å². The molecule has 3 rings (SSSR count). The lowest BCUT2D eigenvalue weighted by Gasteiger charge is -2.34. The first kappa shape index (κ1) is 17.8. The average molecular weight is 362 g/mol. The van der Waals surface area contributed by atoms with E-state index in [0.29, 0.717) is 25.5 Å². The molecule has 1 N–H and O–H groups in total. The van der Waals surface area contributed by atoms with Crippen molar-refractivity contribution in [3.05, 3.63) is 36.4 Å². The minimum atomic E-state index is -0.0184. The number of ether oxygens (including phenoxy) is 1. The molecular formula is C16H22N6O2S. The minimum absolute atomic E-state index is 0.0184. The second-order valence-electron chi connectivity index (χ2n) is 5.77. The van der Waals surface area contributed by atoms with Crippen LogP contribution in [0.2, 0.25) is 0 Å². The highest BCUT2D eigenvalue weighted by atomic mass is 32.2. The van der Waals surface area contributed by atoms with E-state index in [9.17, 15) is 4.79 Å². The van der Waals surface area contributed by atoms with E-state index in [1.165, 1.54) is 11.8 Å². The van der Waals surface area contributed by atoms with Crippen LogP contribution in [-0.2, 0) is 16.6 Å². The van der Waals surface area contributed by atoms with Gasteiger partial charge in [0.2, 0.25) is 5.91 Å². The Morgan fingerprint density at radius 2 is 2.28 bits per heavy atom. The predicted octanol–water partition coefficient (Wildman–Crippen LogP) is 0.492. The van der Waals surface area contributed by atoms with E-state index in [0.717, 1.165) is 23.8 Å². The van der Waals surface area contributed by atoms with E-state index >= 15 is 0 Å². The Morgan fingerprint density at radius 3 is 2.96 bits per heavy atom. The molecule has 25 heavy (non-hydrogen) atoms. The minimum Gasteiger partial charge on any atom is -0.379 e. The molecule has 0 saturated carbocycles. The van der Waals surface area contributed by atoms with Gasteiger partial charge in [-0.25, -0.2) is 0 Å². The van der Waals surface area contributed by atoms with Crippen molar-refractivity contribution < 1.29 is 9.53 Å². The van der Waals surface area contributed by atoms with Gasteiger partial charge in [-0.2, -0.15) is 0 Å². The van der Waals surface area contributed by atoms with E-state index in [1.54, 1.807) is 17.1 Å². The zero-order chi connectivity index (χ0) is 17.5. The number of nitrogens with one attached hydrogen (secondary N) is 1. The Morgan fingerprint density at radius 1 is 1.44 bits per heavy atom. The van der Waals surface area contributed by atoms with E-state index in [-0.39, 0.29) is 11.9 Å². The van der Waals surface area contributed by atoms with E-state index in [4.69, 9.17) is 4.74 Å². The summed E-state index contributed by atoms with van der Waals surface area (Å²) in [4.78, 5) is 18.8. The molecule has 1 aliphatic rings. The number of pyridine rings is 1. The van der Waals surface area contributed by atoms with Gasteiger partial charge in [0, 0.05) is 39.1 Å². The van der Waals surface area contributed by atoms with Crippen LogP contribution in [0, 0.1) is 0 Å². The van der Waals surface area contributed by atoms with Gasteiger partial charge < -0.3 is 14.6 Å². The Hall–Kier alpha value is -1.97. The molecule has 1 unspecified atom stereocenters. The van der Waals surface area contributed by atoms with Crippen LogP contribution in [0.15, 0.2) is 36.0 Å². The Bertz CT molecular complexity index is 674. The fourth-order valence-electron chi connectivity index (χ4n) is 2.71. The number of carbonyl (C=O) groups is 1. The van der Waals surface area contributed by atoms with Gasteiger partial charge in [-0.05, 0) is 11.6 Å². The number of hydrogen-bond donors (Lipinski definition) is 1. The molecule has 2 aromatic heterocycles. The van der Waals surface area contributed by atoms with Crippen molar-refractivity contribution in [2.24, 2.45) is 7.05 Å². The lowest BCUT2D eigenvalue weighted by atomic mass is 10.1. The number of morpholine rings is 1. The molecule has 134 valence electrons. The van der Waals surface area contributed by atoms with Gasteiger partial charge in [0.15, 0.2) is 5.16 Å². The summed E-state index contributed by atoms with van der Waals surface area (Å²) in [6.45, 7) is 3.68. The van der Waals surface area contributed by atoms with Crippen LogP contribution >= 0.6 is 11.8 Å². The normalized spacial score (nSPS) is 16.5. The maximum atomic E-state index is 12.2. The first-order valence-electron chi connectivity index (χ1n) is 8.19. The van der Waals surface area contributed by atoms with Crippen molar-refractivity contribution >= 4 is 17.7 Å². The fourth-order valence-corrected chi connectivity index (χ4v) is 3.43. The van der Waals surface area contributed by atoms with E-state index in [1.807, 2.05) is 25.4 Å². The summed E-state index contributed by atoms with van der Waals surface area (Å²) in [6.07, 6.45) is 5.24. The van der Waals surface area contributed by atoms with Crippen LogP contribution < -0.4 is 5.32 Å². The summed E-state index contributed by atoms with van der Waals surface area (Å²) < 4.78 is 7.24. The number of carbonyl (C=O) groups excluding carboxylic acids is 1. The highest BCUT2D eigenvalue weighted by Gasteiger charge is 2.23. The molecule has 0 radical (unpaired) electrons. The molecule has 1 saturated heterocycles. The van der Waals surface area contributed by atoms with Crippen LogP contribution in [0.25, 0.3) is 0 Å². The van der Waals surface area contributed by atoms with Crippen LogP contribution in [-0.4, -0.2) is 69.2 Å². The third kappa shape index (κ3) is 5.00. The first-order chi connectivity index (χ1) is 12.2. The lowest BCUT2D eigenvalue weighted by molar-refractivity contribution is -0.118. The molecule has 0 aromatic carbocycles. The van der Waals surface area contributed by atoms with Crippen LogP contribution in [0.3, 0.4) is 0 Å². The number of rotatable bonds is 7. The standard InChI is InChI=1S/C16H22N6O2S/c1-21-12-19-20-16(21)25-11-15(23)18-10-14(13-3-2-4-17-9-13)22-5-7-24-8-6-22/h2-4,9,12,14H,5-8,10-11H2,1H3,(H,18,23). The molecule has 2 aromatic rings. The van der Waals surface area contributed by atoms with Crippen molar-refractivity contribution in [2.45, 2.75) is 11.2 Å². The van der Waals surface area contributed by atoms with Gasteiger partial charge in [-0.15, -0.1) is 10.2 Å². The van der Waals surface area contributed by atoms with Crippen molar-refractivity contribution in [2.75, 3.05) is 38.6 Å². The highest BCUT2D eigenvalue weighted by Crippen LogP contribution is 2.20. The number of aryl methyl sites for hydroxylation is 1. The third-order valence-electron chi connectivity index (χ3n) is 4.05. The molecule has 3 heterocycles. The van der Waals surface area contributed by atoms with Crippen LogP contribution in [0.1, 0.15) is 11.6 Å². The van der Waals surface area contributed by atoms with Crippen molar-refractivity contribution in [1.29, 1.82) is 0 Å². The molecule has 1 aliphatic heterocycles. The number of hydrogen-bond acceptors (Lipinski definition) is 7. The number of amides is 1. The Labute approximate surface area is 151 Å². The number of aromatic nitrogens is 4. The van der Waals surface area contributed by atoms with Gasteiger partial charge in [0.05, 0.1) is 25.0 Å². The largest absolute Gasteiger partial charge is 0.379 e. The van der Waals surface area contributed by atoms with Crippen molar-refractivity contribution in [1.82, 2.24) is 30.0 Å². The van der Waals surface area contributed by atoms with Crippen molar-refractivity contribution in [3.8, 4) is 0 Å². The molecule has 0 spiro atoms. The average Bonchev–Trinajstić information content (AvgIpc) is 3.07. The summed E-state index contributed by atoms with van der Waals surface area (Å²) in [5.74, 6) is 0.297. The molecule has 9 heteroatoms. The zero-order valence-corrected chi connectivity index (χ0v) is 15.0. The quantitative estimate of drug-likeness (QED) is 0.718. The monoisotopic (exact) mass is 362 g/mol. The van der Waals surface area contributed by atoms with Gasteiger partial charge in [0.25, 0.3) is 0 Å². The highest BCUT2D eigenvalue weighted by molar-refractivity contribution is 7.99. The smallest absolute Gasteiger partial charge is 0.230 e. The van der Waals surface area contributed by atoms with Crippen LogP contribution in [0.4, 0.5) is 0 Å².